The third-order valence-electron chi connectivity index (χ3n) is 5.48. The van der Waals surface area contributed by atoms with Crippen LogP contribution in [-0.4, -0.2) is 55.7 Å². The van der Waals surface area contributed by atoms with E-state index in [0.717, 1.165) is 5.56 Å². The van der Waals surface area contributed by atoms with Crippen molar-refractivity contribution in [1.82, 2.24) is 10.2 Å². The number of carbonyl (C=O) groups excluding carboxylic acids is 4. The number of carbonyl (C=O) groups is 4. The number of nitrogens with zero attached hydrogens (tertiary/aromatic N) is 2. The maximum atomic E-state index is 13.4. The highest BCUT2D eigenvalue weighted by atomic mass is 35.5. The first kappa shape index (κ1) is 20.9. The van der Waals surface area contributed by atoms with E-state index in [0.29, 0.717) is 34.1 Å². The van der Waals surface area contributed by atoms with E-state index in [2.05, 4.69) is 10.6 Å². The van der Waals surface area contributed by atoms with Gasteiger partial charge in [0.2, 0.25) is 11.8 Å². The molecule has 4 rings (SSSR count). The topological polar surface area (TPSA) is 98.8 Å². The Kier molecular flexibility index (Phi) is 5.41. The van der Waals surface area contributed by atoms with Crippen molar-refractivity contribution in [2.75, 3.05) is 37.4 Å². The fourth-order valence-electron chi connectivity index (χ4n) is 3.86. The Labute approximate surface area is 184 Å². The third kappa shape index (κ3) is 3.98. The molecule has 0 fully saturated rings. The minimum Gasteiger partial charge on any atom is -0.349 e. The van der Waals surface area contributed by atoms with Crippen LogP contribution in [0.1, 0.15) is 38.6 Å². The number of halogens is 1. The quantitative estimate of drug-likeness (QED) is 0.764. The number of anilines is 2. The Balaban J connectivity index is 1.67. The summed E-state index contributed by atoms with van der Waals surface area (Å²) in [5.74, 6) is -1.25. The van der Waals surface area contributed by atoms with Gasteiger partial charge in [-0.25, -0.2) is 0 Å². The maximum absolute atomic E-state index is 13.4. The van der Waals surface area contributed by atoms with E-state index < -0.39 is 0 Å². The van der Waals surface area contributed by atoms with Gasteiger partial charge in [0.05, 0.1) is 17.8 Å². The van der Waals surface area contributed by atoms with Crippen LogP contribution < -0.4 is 15.5 Å². The summed E-state index contributed by atoms with van der Waals surface area (Å²) >= 11 is 6.18. The van der Waals surface area contributed by atoms with Crippen molar-refractivity contribution in [3.63, 3.8) is 0 Å². The van der Waals surface area contributed by atoms with E-state index in [9.17, 15) is 19.2 Å². The summed E-state index contributed by atoms with van der Waals surface area (Å²) in [4.78, 5) is 52.8. The molecule has 2 aromatic carbocycles. The molecular formula is C22H21ClN4O4. The summed E-state index contributed by atoms with van der Waals surface area (Å²) in [5, 5.41) is 5.70. The number of benzene rings is 2. The van der Waals surface area contributed by atoms with Crippen LogP contribution in [-0.2, 0) is 9.59 Å². The molecule has 0 saturated heterocycles. The van der Waals surface area contributed by atoms with Crippen LogP contribution in [0.4, 0.5) is 11.4 Å². The van der Waals surface area contributed by atoms with Gasteiger partial charge in [-0.2, -0.15) is 0 Å². The molecule has 0 radical (unpaired) electrons. The van der Waals surface area contributed by atoms with E-state index in [1.165, 1.54) is 17.0 Å². The zero-order valence-corrected chi connectivity index (χ0v) is 17.8. The summed E-state index contributed by atoms with van der Waals surface area (Å²) in [5.41, 5.74) is 2.46. The minimum absolute atomic E-state index is 0.0380. The van der Waals surface area contributed by atoms with Crippen LogP contribution in [0.5, 0.6) is 0 Å². The predicted octanol–water partition coefficient (Wildman–Crippen LogP) is 2.24. The Morgan fingerprint density at radius 1 is 1.16 bits per heavy atom. The van der Waals surface area contributed by atoms with Crippen LogP contribution >= 0.6 is 11.6 Å². The summed E-state index contributed by atoms with van der Waals surface area (Å²) < 4.78 is 0. The van der Waals surface area contributed by atoms with Gasteiger partial charge >= 0.3 is 0 Å². The Morgan fingerprint density at radius 2 is 1.94 bits per heavy atom. The van der Waals surface area contributed by atoms with Gasteiger partial charge in [-0.15, -0.1) is 0 Å². The highest BCUT2D eigenvalue weighted by Crippen LogP contribution is 2.40. The zero-order valence-electron chi connectivity index (χ0n) is 17.1. The first-order valence-electron chi connectivity index (χ1n) is 9.78. The standard InChI is InChI=1S/C22H21ClN4O4/c1-26(2)20(29)8-13-11-27(18-6-4-14(23)9-16(13)18)22(31)12-3-5-15-17(7-12)25-19(28)10-24-21(15)30/h3-7,9,13H,8,10-11H2,1-2H3,(H,24,30)(H,25,28). The Bertz CT molecular complexity index is 1110. The molecule has 2 N–H and O–H groups in total. The van der Waals surface area contributed by atoms with Crippen molar-refractivity contribution in [2.24, 2.45) is 0 Å². The minimum atomic E-state index is -0.379. The third-order valence-corrected chi connectivity index (χ3v) is 5.72. The predicted molar refractivity (Wildman–Crippen MR) is 117 cm³/mol. The van der Waals surface area contributed by atoms with E-state index in [4.69, 9.17) is 11.6 Å². The molecule has 160 valence electrons. The average molecular weight is 441 g/mol. The average Bonchev–Trinajstić information content (AvgIpc) is 3.00. The molecule has 0 aliphatic carbocycles. The molecule has 8 nitrogen and oxygen atoms in total. The molecule has 2 aromatic rings. The van der Waals surface area contributed by atoms with Gasteiger partial charge in [0, 0.05) is 49.3 Å². The second-order valence-corrected chi connectivity index (χ2v) is 8.24. The largest absolute Gasteiger partial charge is 0.349 e. The SMILES string of the molecule is CN(C)C(=O)CC1CN(C(=O)c2ccc3c(c2)NC(=O)CNC3=O)c2ccc(Cl)cc21. The number of rotatable bonds is 3. The molecule has 0 spiro atoms. The van der Waals surface area contributed by atoms with Crippen molar-refractivity contribution in [1.29, 1.82) is 0 Å². The molecule has 2 aliphatic rings. The lowest BCUT2D eigenvalue weighted by Crippen LogP contribution is -2.31. The highest BCUT2D eigenvalue weighted by Gasteiger charge is 2.35. The van der Waals surface area contributed by atoms with Crippen molar-refractivity contribution in [2.45, 2.75) is 12.3 Å². The number of amides is 4. The molecule has 2 aliphatic heterocycles. The van der Waals surface area contributed by atoms with Gasteiger partial charge in [-0.1, -0.05) is 11.6 Å². The Hall–Kier alpha value is -3.39. The first-order chi connectivity index (χ1) is 14.7. The first-order valence-corrected chi connectivity index (χ1v) is 10.2. The van der Waals surface area contributed by atoms with E-state index in [-0.39, 0.29) is 42.5 Å². The lowest BCUT2D eigenvalue weighted by Gasteiger charge is -2.19. The van der Waals surface area contributed by atoms with Crippen LogP contribution in [0, 0.1) is 0 Å². The summed E-state index contributed by atoms with van der Waals surface area (Å²) in [6, 6.07) is 9.86. The molecule has 0 bridgehead atoms. The van der Waals surface area contributed by atoms with Crippen LogP contribution in [0.2, 0.25) is 5.02 Å². The molecule has 4 amide bonds. The fourth-order valence-corrected chi connectivity index (χ4v) is 4.04. The lowest BCUT2D eigenvalue weighted by molar-refractivity contribution is -0.129. The van der Waals surface area contributed by atoms with Gasteiger partial charge in [0.1, 0.15) is 0 Å². The molecule has 0 aromatic heterocycles. The second kappa shape index (κ2) is 8.03. The molecular weight excluding hydrogens is 420 g/mol. The van der Waals surface area contributed by atoms with Crippen molar-refractivity contribution < 1.29 is 19.2 Å². The smallest absolute Gasteiger partial charge is 0.258 e. The van der Waals surface area contributed by atoms with E-state index in [1.54, 1.807) is 43.3 Å². The number of hydrogen-bond acceptors (Lipinski definition) is 4. The van der Waals surface area contributed by atoms with Crippen LogP contribution in [0.25, 0.3) is 0 Å². The molecule has 2 heterocycles. The zero-order chi connectivity index (χ0) is 22.3. The van der Waals surface area contributed by atoms with Crippen molar-refractivity contribution >= 4 is 46.6 Å². The van der Waals surface area contributed by atoms with Gasteiger partial charge in [0.25, 0.3) is 11.8 Å². The van der Waals surface area contributed by atoms with E-state index >= 15 is 0 Å². The lowest BCUT2D eigenvalue weighted by atomic mass is 9.97. The fraction of sp³-hybridized carbons (Fsp3) is 0.273. The molecule has 1 atom stereocenters. The molecule has 0 saturated carbocycles. The van der Waals surface area contributed by atoms with E-state index in [1.807, 2.05) is 0 Å². The summed E-state index contributed by atoms with van der Waals surface area (Å²) in [7, 11) is 3.39. The van der Waals surface area contributed by atoms with Crippen molar-refractivity contribution in [3.8, 4) is 0 Å². The normalized spacial score (nSPS) is 17.3. The second-order valence-electron chi connectivity index (χ2n) is 7.80. The van der Waals surface area contributed by atoms with Gasteiger partial charge < -0.3 is 20.4 Å². The summed E-state index contributed by atoms with van der Waals surface area (Å²) in [6.45, 7) is 0.205. The number of fused-ring (bicyclic) bond motifs is 2. The number of nitrogens with one attached hydrogen (secondary N) is 2. The van der Waals surface area contributed by atoms with Crippen LogP contribution in [0.3, 0.4) is 0 Å². The molecule has 31 heavy (non-hydrogen) atoms. The van der Waals surface area contributed by atoms with Gasteiger partial charge in [0.15, 0.2) is 0 Å². The Morgan fingerprint density at radius 3 is 2.68 bits per heavy atom. The monoisotopic (exact) mass is 440 g/mol. The van der Waals surface area contributed by atoms with Gasteiger partial charge in [-0.3, -0.25) is 19.2 Å². The van der Waals surface area contributed by atoms with Gasteiger partial charge in [-0.05, 0) is 42.0 Å². The molecule has 1 unspecified atom stereocenters. The summed E-state index contributed by atoms with van der Waals surface area (Å²) in [6.07, 6.45) is 0.255. The molecule has 9 heteroatoms. The highest BCUT2D eigenvalue weighted by molar-refractivity contribution is 6.30. The maximum Gasteiger partial charge on any atom is 0.258 e. The number of hydrogen-bond donors (Lipinski definition) is 2. The van der Waals surface area contributed by atoms with Crippen molar-refractivity contribution in [3.05, 3.63) is 58.1 Å². The van der Waals surface area contributed by atoms with Crippen LogP contribution in [0.15, 0.2) is 36.4 Å².